The van der Waals surface area contributed by atoms with E-state index in [-0.39, 0.29) is 5.91 Å². The molecule has 2 unspecified atom stereocenters. The van der Waals surface area contributed by atoms with Gasteiger partial charge in [0.05, 0.1) is 5.54 Å². The number of nitrogens with zero attached hydrogens (tertiary/aromatic N) is 1. The zero-order chi connectivity index (χ0) is 12.5. The van der Waals surface area contributed by atoms with Crippen molar-refractivity contribution < 1.29 is 4.79 Å². The van der Waals surface area contributed by atoms with Gasteiger partial charge in [-0.3, -0.25) is 4.79 Å². The lowest BCUT2D eigenvalue weighted by atomic mass is 9.78. The molecule has 0 aromatic heterocycles. The lowest BCUT2D eigenvalue weighted by Gasteiger charge is -2.41. The molecule has 0 heterocycles. The van der Waals surface area contributed by atoms with Crippen molar-refractivity contribution in [2.45, 2.75) is 69.0 Å². The maximum Gasteiger partial charge on any atom is 0.237 e. The van der Waals surface area contributed by atoms with Crippen LogP contribution in [0.4, 0.5) is 0 Å². The van der Waals surface area contributed by atoms with E-state index in [1.807, 2.05) is 0 Å². The summed E-state index contributed by atoms with van der Waals surface area (Å²) in [6.07, 6.45) is 8.91. The Morgan fingerprint density at radius 1 is 1.18 bits per heavy atom. The predicted molar refractivity (Wildman–Crippen MR) is 68.4 cm³/mol. The largest absolute Gasteiger partial charge is 0.368 e. The topological polar surface area (TPSA) is 72.3 Å². The third-order valence-corrected chi connectivity index (χ3v) is 4.73. The molecule has 4 nitrogen and oxygen atoms in total. The first kappa shape index (κ1) is 12.8. The second-order valence-corrected chi connectivity index (χ2v) is 5.87. The van der Waals surface area contributed by atoms with E-state index in [2.05, 4.69) is 11.9 Å². The van der Waals surface area contributed by atoms with Crippen molar-refractivity contribution in [2.75, 3.05) is 7.05 Å². The molecule has 98 valence electrons. The molecule has 2 aliphatic carbocycles. The molecule has 0 aromatic rings. The molecule has 0 spiro atoms. The molecule has 2 fully saturated rings. The van der Waals surface area contributed by atoms with Gasteiger partial charge in [-0.25, -0.2) is 0 Å². The van der Waals surface area contributed by atoms with Crippen molar-refractivity contribution in [1.29, 1.82) is 0 Å². The Bertz CT molecular complexity index is 288. The lowest BCUT2D eigenvalue weighted by molar-refractivity contribution is -0.125. The van der Waals surface area contributed by atoms with Gasteiger partial charge in [0.15, 0.2) is 0 Å². The molecule has 2 rings (SSSR count). The average molecular weight is 239 g/mol. The molecule has 0 bridgehead atoms. The van der Waals surface area contributed by atoms with E-state index in [4.69, 9.17) is 11.5 Å². The van der Waals surface area contributed by atoms with Gasteiger partial charge in [-0.15, -0.1) is 0 Å². The average Bonchev–Trinajstić information content (AvgIpc) is 2.81. The van der Waals surface area contributed by atoms with Gasteiger partial charge in [-0.2, -0.15) is 0 Å². The fourth-order valence-corrected chi connectivity index (χ4v) is 3.46. The fraction of sp³-hybridized carbons (Fsp3) is 0.923. The monoisotopic (exact) mass is 239 g/mol. The third-order valence-electron chi connectivity index (χ3n) is 4.73. The van der Waals surface area contributed by atoms with Crippen LogP contribution in [0.1, 0.15) is 51.4 Å². The number of hydrogen-bond acceptors (Lipinski definition) is 3. The van der Waals surface area contributed by atoms with Crippen LogP contribution < -0.4 is 11.5 Å². The molecule has 1 amide bonds. The molecule has 0 radical (unpaired) electrons. The number of nitrogens with two attached hydrogens (primary N) is 2. The molecule has 17 heavy (non-hydrogen) atoms. The summed E-state index contributed by atoms with van der Waals surface area (Å²) in [5.74, 6) is -0.331. The zero-order valence-corrected chi connectivity index (χ0v) is 10.8. The van der Waals surface area contributed by atoms with E-state index < -0.39 is 5.54 Å². The van der Waals surface area contributed by atoms with Gasteiger partial charge in [0.25, 0.3) is 0 Å². The molecular weight excluding hydrogens is 214 g/mol. The summed E-state index contributed by atoms with van der Waals surface area (Å²) >= 11 is 0. The van der Waals surface area contributed by atoms with E-state index in [0.29, 0.717) is 12.1 Å². The Morgan fingerprint density at radius 3 is 2.35 bits per heavy atom. The molecule has 0 aromatic carbocycles. The van der Waals surface area contributed by atoms with Gasteiger partial charge in [0.1, 0.15) is 0 Å². The first-order chi connectivity index (χ1) is 8.03. The van der Waals surface area contributed by atoms with Crippen LogP contribution in [0.3, 0.4) is 0 Å². The molecule has 4 N–H and O–H groups in total. The molecular formula is C13H25N3O. The Morgan fingerprint density at radius 2 is 1.76 bits per heavy atom. The van der Waals surface area contributed by atoms with Gasteiger partial charge in [0, 0.05) is 12.1 Å². The number of hydrogen-bond donors (Lipinski definition) is 2. The number of carbonyl (C=O) groups excluding carboxylic acids is 1. The molecule has 2 atom stereocenters. The summed E-state index contributed by atoms with van der Waals surface area (Å²) in [4.78, 5) is 13.9. The Hall–Kier alpha value is -0.610. The summed E-state index contributed by atoms with van der Waals surface area (Å²) in [5, 5.41) is 0. The minimum absolute atomic E-state index is 0.331. The number of carbonyl (C=O) groups is 1. The lowest BCUT2D eigenvalue weighted by Crippen LogP contribution is -2.58. The van der Waals surface area contributed by atoms with Crippen molar-refractivity contribution >= 4 is 5.91 Å². The Kier molecular flexibility index (Phi) is 3.73. The maximum absolute atomic E-state index is 11.4. The van der Waals surface area contributed by atoms with Crippen molar-refractivity contribution in [2.24, 2.45) is 11.5 Å². The van der Waals surface area contributed by atoms with Crippen LogP contribution in [-0.2, 0) is 4.79 Å². The summed E-state index contributed by atoms with van der Waals surface area (Å²) in [6, 6.07) is 1.12. The fourth-order valence-electron chi connectivity index (χ4n) is 3.46. The van der Waals surface area contributed by atoms with E-state index >= 15 is 0 Å². The minimum atomic E-state index is -0.768. The van der Waals surface area contributed by atoms with Crippen LogP contribution in [-0.4, -0.2) is 35.5 Å². The number of amides is 1. The van der Waals surface area contributed by atoms with Crippen molar-refractivity contribution in [3.63, 3.8) is 0 Å². The van der Waals surface area contributed by atoms with Gasteiger partial charge < -0.3 is 16.4 Å². The number of rotatable bonds is 3. The quantitative estimate of drug-likeness (QED) is 0.771. The zero-order valence-electron chi connectivity index (χ0n) is 10.8. The third kappa shape index (κ3) is 2.63. The number of primary amides is 1. The standard InChI is InChI=1S/C13H25N3O/c1-16(10-5-2-3-6-10)11-7-4-8-13(15,9-11)12(14)17/h10-11H,2-9,15H2,1H3,(H2,14,17). The van der Waals surface area contributed by atoms with E-state index in [9.17, 15) is 4.79 Å². The van der Waals surface area contributed by atoms with Crippen LogP contribution in [0.15, 0.2) is 0 Å². The van der Waals surface area contributed by atoms with Crippen LogP contribution in [0.2, 0.25) is 0 Å². The molecule has 2 saturated carbocycles. The van der Waals surface area contributed by atoms with Crippen molar-refractivity contribution in [1.82, 2.24) is 4.90 Å². The van der Waals surface area contributed by atoms with Gasteiger partial charge in [-0.05, 0) is 45.6 Å². The highest BCUT2D eigenvalue weighted by Crippen LogP contribution is 2.32. The molecule has 2 aliphatic rings. The predicted octanol–water partition coefficient (Wildman–Crippen LogP) is 0.986. The van der Waals surface area contributed by atoms with Crippen LogP contribution in [0.5, 0.6) is 0 Å². The highest BCUT2D eigenvalue weighted by molar-refractivity contribution is 5.84. The molecule has 4 heteroatoms. The second kappa shape index (κ2) is 4.94. The normalized spacial score (nSPS) is 35.4. The van der Waals surface area contributed by atoms with Gasteiger partial charge in [0.2, 0.25) is 5.91 Å². The second-order valence-electron chi connectivity index (χ2n) is 5.87. The van der Waals surface area contributed by atoms with Gasteiger partial charge >= 0.3 is 0 Å². The minimum Gasteiger partial charge on any atom is -0.368 e. The summed E-state index contributed by atoms with van der Waals surface area (Å²) in [7, 11) is 2.19. The highest BCUT2D eigenvalue weighted by atomic mass is 16.1. The Balaban J connectivity index is 1.99. The first-order valence-corrected chi connectivity index (χ1v) is 6.84. The maximum atomic E-state index is 11.4. The smallest absolute Gasteiger partial charge is 0.237 e. The first-order valence-electron chi connectivity index (χ1n) is 6.84. The SMILES string of the molecule is CN(C1CCCC1)C1CCCC(N)(C(N)=O)C1. The molecule has 0 aliphatic heterocycles. The van der Waals surface area contributed by atoms with E-state index in [1.54, 1.807) is 0 Å². The van der Waals surface area contributed by atoms with Gasteiger partial charge in [-0.1, -0.05) is 12.8 Å². The van der Waals surface area contributed by atoms with Crippen LogP contribution >= 0.6 is 0 Å². The van der Waals surface area contributed by atoms with E-state index in [1.165, 1.54) is 25.7 Å². The molecule has 0 saturated heterocycles. The summed E-state index contributed by atoms with van der Waals surface area (Å²) in [6.45, 7) is 0. The summed E-state index contributed by atoms with van der Waals surface area (Å²) in [5.41, 5.74) is 10.8. The van der Waals surface area contributed by atoms with Crippen molar-refractivity contribution in [3.05, 3.63) is 0 Å². The highest BCUT2D eigenvalue weighted by Gasteiger charge is 2.40. The summed E-state index contributed by atoms with van der Waals surface area (Å²) < 4.78 is 0. The van der Waals surface area contributed by atoms with Crippen molar-refractivity contribution in [3.8, 4) is 0 Å². The Labute approximate surface area is 104 Å². The van der Waals surface area contributed by atoms with Crippen LogP contribution in [0, 0.1) is 0 Å². The van der Waals surface area contributed by atoms with E-state index in [0.717, 1.165) is 25.7 Å². The van der Waals surface area contributed by atoms with Crippen LogP contribution in [0.25, 0.3) is 0 Å².